The fourth-order valence-corrected chi connectivity index (χ4v) is 3.34. The molecule has 1 N–H and O–H groups in total. The molecule has 0 spiro atoms. The molecule has 176 valence electrons. The lowest BCUT2D eigenvalue weighted by atomic mass is 9.91. The van der Waals surface area contributed by atoms with Gasteiger partial charge in [0.2, 0.25) is 11.8 Å². The van der Waals surface area contributed by atoms with Crippen molar-refractivity contribution in [2.45, 2.75) is 74.1 Å². The van der Waals surface area contributed by atoms with Crippen LogP contribution < -0.4 is 5.32 Å². The highest BCUT2D eigenvalue weighted by Gasteiger charge is 2.25. The molecule has 0 unspecified atom stereocenters. The van der Waals surface area contributed by atoms with Crippen molar-refractivity contribution in [2.75, 3.05) is 18.4 Å². The Labute approximate surface area is 193 Å². The van der Waals surface area contributed by atoms with Crippen LogP contribution in [0.3, 0.4) is 0 Å². The standard InChI is InChI=1S/C26H40N4O2/c1-18(2)16-29(24(32)15-25(4,5)6)17-23(31)27-22-14-21(26(7,8)9)28-30(22)20-12-10-19(3)11-13-20/h10-14,18H,15-17H2,1-9H3,(H,27,31). The predicted molar refractivity (Wildman–Crippen MR) is 131 cm³/mol. The summed E-state index contributed by atoms with van der Waals surface area (Å²) in [7, 11) is 0. The van der Waals surface area contributed by atoms with Gasteiger partial charge in [-0.15, -0.1) is 0 Å². The summed E-state index contributed by atoms with van der Waals surface area (Å²) in [5.74, 6) is 0.666. The molecule has 0 saturated heterocycles. The van der Waals surface area contributed by atoms with E-state index in [1.54, 1.807) is 9.58 Å². The SMILES string of the molecule is Cc1ccc(-n2nc(C(C)(C)C)cc2NC(=O)CN(CC(C)C)C(=O)CC(C)(C)C)cc1. The Bertz CT molecular complexity index is 928. The zero-order valence-corrected chi connectivity index (χ0v) is 21.2. The zero-order valence-electron chi connectivity index (χ0n) is 21.2. The van der Waals surface area contributed by atoms with Gasteiger partial charge in [0.25, 0.3) is 0 Å². The number of aromatic nitrogens is 2. The predicted octanol–water partition coefficient (Wildman–Crippen LogP) is 5.34. The molecule has 0 aliphatic carbocycles. The van der Waals surface area contributed by atoms with Gasteiger partial charge in [-0.25, -0.2) is 4.68 Å². The Morgan fingerprint density at radius 1 is 1.06 bits per heavy atom. The molecular weight excluding hydrogens is 400 g/mol. The Balaban J connectivity index is 2.29. The summed E-state index contributed by atoms with van der Waals surface area (Å²) >= 11 is 0. The first-order chi connectivity index (χ1) is 14.7. The van der Waals surface area contributed by atoms with Crippen molar-refractivity contribution in [1.82, 2.24) is 14.7 Å². The number of rotatable bonds is 7. The second-order valence-electron chi connectivity index (χ2n) is 11.4. The minimum absolute atomic E-state index is 0.00349. The van der Waals surface area contributed by atoms with Gasteiger partial charge in [-0.05, 0) is 30.4 Å². The quantitative estimate of drug-likeness (QED) is 0.632. The second kappa shape index (κ2) is 9.88. The first-order valence-corrected chi connectivity index (χ1v) is 11.4. The summed E-state index contributed by atoms with van der Waals surface area (Å²) in [4.78, 5) is 27.6. The van der Waals surface area contributed by atoms with Crippen molar-refractivity contribution >= 4 is 17.6 Å². The maximum atomic E-state index is 13.0. The topological polar surface area (TPSA) is 67.2 Å². The number of hydrogen-bond acceptors (Lipinski definition) is 3. The fourth-order valence-electron chi connectivity index (χ4n) is 3.34. The van der Waals surface area contributed by atoms with Gasteiger partial charge in [0.05, 0.1) is 17.9 Å². The zero-order chi connectivity index (χ0) is 24.3. The molecule has 2 amide bonds. The smallest absolute Gasteiger partial charge is 0.245 e. The Kier molecular flexibility index (Phi) is 7.92. The van der Waals surface area contributed by atoms with Crippen LogP contribution in [0.25, 0.3) is 5.69 Å². The number of hydrogen-bond donors (Lipinski definition) is 1. The second-order valence-corrected chi connectivity index (χ2v) is 11.4. The monoisotopic (exact) mass is 440 g/mol. The third-order valence-corrected chi connectivity index (χ3v) is 4.98. The molecule has 0 radical (unpaired) electrons. The molecule has 0 bridgehead atoms. The van der Waals surface area contributed by atoms with Crippen LogP contribution in [0.1, 0.15) is 73.1 Å². The lowest BCUT2D eigenvalue weighted by molar-refractivity contribution is -0.136. The summed E-state index contributed by atoms with van der Waals surface area (Å²) < 4.78 is 1.77. The van der Waals surface area contributed by atoms with Crippen LogP contribution in [0.15, 0.2) is 30.3 Å². The maximum Gasteiger partial charge on any atom is 0.245 e. The molecule has 32 heavy (non-hydrogen) atoms. The van der Waals surface area contributed by atoms with Gasteiger partial charge in [0, 0.05) is 24.4 Å². The van der Waals surface area contributed by atoms with Crippen molar-refractivity contribution in [3.63, 3.8) is 0 Å². The fraction of sp³-hybridized carbons (Fsp3) is 0.577. The first kappa shape index (κ1) is 25.6. The van der Waals surface area contributed by atoms with Gasteiger partial charge < -0.3 is 10.2 Å². The van der Waals surface area contributed by atoms with Crippen molar-refractivity contribution < 1.29 is 9.59 Å². The Morgan fingerprint density at radius 3 is 2.16 bits per heavy atom. The Morgan fingerprint density at radius 2 is 1.66 bits per heavy atom. The number of nitrogens with zero attached hydrogens (tertiary/aromatic N) is 3. The molecule has 1 aromatic heterocycles. The molecule has 0 fully saturated rings. The van der Waals surface area contributed by atoms with Crippen LogP contribution in [0, 0.1) is 18.3 Å². The highest BCUT2D eigenvalue weighted by Crippen LogP contribution is 2.26. The normalized spacial score (nSPS) is 12.2. The first-order valence-electron chi connectivity index (χ1n) is 11.4. The van der Waals surface area contributed by atoms with Crippen molar-refractivity contribution in [3.8, 4) is 5.69 Å². The number of amides is 2. The highest BCUT2D eigenvalue weighted by molar-refractivity contribution is 5.94. The number of aryl methyl sites for hydroxylation is 1. The van der Waals surface area contributed by atoms with Crippen LogP contribution in [-0.2, 0) is 15.0 Å². The summed E-state index contributed by atoms with van der Waals surface area (Å²) in [6.07, 6.45) is 0.405. The highest BCUT2D eigenvalue weighted by atomic mass is 16.2. The van der Waals surface area contributed by atoms with E-state index in [1.807, 2.05) is 58.0 Å². The van der Waals surface area contributed by atoms with Gasteiger partial charge in [-0.2, -0.15) is 5.10 Å². The van der Waals surface area contributed by atoms with E-state index >= 15 is 0 Å². The molecule has 6 nitrogen and oxygen atoms in total. The molecule has 0 atom stereocenters. The van der Waals surface area contributed by atoms with Crippen LogP contribution >= 0.6 is 0 Å². The summed E-state index contributed by atoms with van der Waals surface area (Å²) in [6.45, 7) is 19.1. The number of nitrogens with one attached hydrogen (secondary N) is 1. The largest absolute Gasteiger partial charge is 0.333 e. The van der Waals surface area contributed by atoms with E-state index in [2.05, 4.69) is 39.9 Å². The van der Waals surface area contributed by atoms with E-state index in [4.69, 9.17) is 5.10 Å². The molecule has 0 saturated carbocycles. The third-order valence-electron chi connectivity index (χ3n) is 4.98. The summed E-state index contributed by atoms with van der Waals surface area (Å²) in [6, 6.07) is 9.94. The molecule has 0 aliphatic rings. The van der Waals surface area contributed by atoms with Crippen molar-refractivity contribution in [2.24, 2.45) is 11.3 Å². The minimum Gasteiger partial charge on any atom is -0.333 e. The van der Waals surface area contributed by atoms with E-state index in [0.717, 1.165) is 16.9 Å². The van der Waals surface area contributed by atoms with E-state index in [1.165, 1.54) is 0 Å². The lowest BCUT2D eigenvalue weighted by Gasteiger charge is -2.27. The van der Waals surface area contributed by atoms with E-state index in [0.29, 0.717) is 18.8 Å². The summed E-state index contributed by atoms with van der Waals surface area (Å²) in [5.41, 5.74) is 2.63. The van der Waals surface area contributed by atoms with Crippen LogP contribution in [0.5, 0.6) is 0 Å². The van der Waals surface area contributed by atoms with Crippen LogP contribution in [0.4, 0.5) is 5.82 Å². The molecule has 2 rings (SSSR count). The van der Waals surface area contributed by atoms with Gasteiger partial charge in [0.1, 0.15) is 5.82 Å². The van der Waals surface area contributed by atoms with E-state index in [9.17, 15) is 9.59 Å². The van der Waals surface area contributed by atoms with Crippen molar-refractivity contribution in [3.05, 3.63) is 41.6 Å². The molecule has 1 aromatic carbocycles. The van der Waals surface area contributed by atoms with E-state index < -0.39 is 0 Å². The van der Waals surface area contributed by atoms with Crippen molar-refractivity contribution in [1.29, 1.82) is 0 Å². The number of anilines is 1. The minimum atomic E-state index is -0.221. The average molecular weight is 441 g/mol. The van der Waals surface area contributed by atoms with Crippen LogP contribution in [0.2, 0.25) is 0 Å². The number of benzene rings is 1. The van der Waals surface area contributed by atoms with Gasteiger partial charge in [0.15, 0.2) is 0 Å². The molecule has 2 aromatic rings. The van der Waals surface area contributed by atoms with Gasteiger partial charge >= 0.3 is 0 Å². The van der Waals surface area contributed by atoms with Gasteiger partial charge in [-0.3, -0.25) is 9.59 Å². The third kappa shape index (κ3) is 7.50. The molecular formula is C26H40N4O2. The molecule has 0 aliphatic heterocycles. The molecule has 6 heteroatoms. The van der Waals surface area contributed by atoms with Gasteiger partial charge in [-0.1, -0.05) is 73.1 Å². The number of carbonyl (C=O) groups excluding carboxylic acids is 2. The van der Waals surface area contributed by atoms with E-state index in [-0.39, 0.29) is 35.1 Å². The summed E-state index contributed by atoms with van der Waals surface area (Å²) in [5, 5.41) is 7.77. The Hall–Kier alpha value is -2.63. The van der Waals surface area contributed by atoms with Crippen LogP contribution in [-0.4, -0.2) is 39.6 Å². The number of carbonyl (C=O) groups is 2. The lowest BCUT2D eigenvalue weighted by Crippen LogP contribution is -2.41. The maximum absolute atomic E-state index is 13.0. The molecule has 1 heterocycles. The average Bonchev–Trinajstić information content (AvgIpc) is 3.04.